The molecule has 4 heteroatoms. The molecule has 0 N–H and O–H groups in total. The molecule has 3 nitrogen and oxygen atoms in total. The van der Waals surface area contributed by atoms with Crippen LogP contribution in [0.5, 0.6) is 5.75 Å². The van der Waals surface area contributed by atoms with E-state index in [1.165, 1.54) is 0 Å². The topological polar surface area (TPSA) is 31.4 Å². The van der Waals surface area contributed by atoms with Gasteiger partial charge >= 0.3 is 0 Å². The molecule has 84 valence electrons. The molecule has 1 rings (SSSR count). The third kappa shape index (κ3) is 5.74. The Morgan fingerprint density at radius 2 is 2.00 bits per heavy atom. The molecule has 0 saturated carbocycles. The van der Waals surface area contributed by atoms with Gasteiger partial charge in [-0.25, -0.2) is 0 Å². The van der Waals surface area contributed by atoms with Crippen molar-refractivity contribution in [3.05, 3.63) is 22.9 Å². The van der Waals surface area contributed by atoms with E-state index in [2.05, 4.69) is 20.9 Å². The average molecular weight is 274 g/mol. The van der Waals surface area contributed by atoms with Crippen molar-refractivity contribution in [3.63, 3.8) is 0 Å². The molecule has 1 heterocycles. The first kappa shape index (κ1) is 12.5. The van der Waals surface area contributed by atoms with Crippen molar-refractivity contribution in [2.75, 3.05) is 13.2 Å². The van der Waals surface area contributed by atoms with Gasteiger partial charge in [0.2, 0.25) is 0 Å². The first-order chi connectivity index (χ1) is 6.97. The number of nitrogens with zero attached hydrogens (tertiary/aromatic N) is 1. The zero-order valence-electron chi connectivity index (χ0n) is 9.29. The molecule has 0 atom stereocenters. The predicted molar refractivity (Wildman–Crippen MR) is 63.1 cm³/mol. The standard InChI is InChI=1S/C11H16BrNO2/c1-11(2,3)15-5-4-14-10-6-9(12)7-13-8-10/h6-8H,4-5H2,1-3H3. The van der Waals surface area contributed by atoms with Gasteiger partial charge in [-0.3, -0.25) is 4.98 Å². The van der Waals surface area contributed by atoms with E-state index in [1.807, 2.05) is 26.8 Å². The molecule has 1 aromatic rings. The van der Waals surface area contributed by atoms with Crippen molar-refractivity contribution in [2.45, 2.75) is 26.4 Å². The summed E-state index contributed by atoms with van der Waals surface area (Å²) in [7, 11) is 0. The van der Waals surface area contributed by atoms with Gasteiger partial charge in [-0.1, -0.05) is 0 Å². The van der Waals surface area contributed by atoms with Crippen LogP contribution in [0.1, 0.15) is 20.8 Å². The van der Waals surface area contributed by atoms with E-state index in [0.717, 1.165) is 10.2 Å². The van der Waals surface area contributed by atoms with Gasteiger partial charge in [0.15, 0.2) is 0 Å². The highest BCUT2D eigenvalue weighted by atomic mass is 79.9. The minimum Gasteiger partial charge on any atom is -0.490 e. The lowest BCUT2D eigenvalue weighted by molar-refractivity contribution is -0.0163. The molecule has 0 saturated heterocycles. The number of hydrogen-bond acceptors (Lipinski definition) is 3. The largest absolute Gasteiger partial charge is 0.490 e. The summed E-state index contributed by atoms with van der Waals surface area (Å²) in [6, 6.07) is 1.88. The van der Waals surface area contributed by atoms with Gasteiger partial charge in [0.05, 0.1) is 18.4 Å². The fraction of sp³-hybridized carbons (Fsp3) is 0.545. The fourth-order valence-corrected chi connectivity index (χ4v) is 1.32. The number of aromatic nitrogens is 1. The lowest BCUT2D eigenvalue weighted by atomic mass is 10.2. The van der Waals surface area contributed by atoms with Crippen molar-refractivity contribution >= 4 is 15.9 Å². The Labute approximate surface area is 98.9 Å². The number of rotatable bonds is 4. The van der Waals surface area contributed by atoms with E-state index >= 15 is 0 Å². The van der Waals surface area contributed by atoms with Crippen molar-refractivity contribution in [1.82, 2.24) is 4.98 Å². The van der Waals surface area contributed by atoms with Crippen LogP contribution >= 0.6 is 15.9 Å². The maximum absolute atomic E-state index is 5.52. The molecular weight excluding hydrogens is 258 g/mol. The molecule has 0 aliphatic heterocycles. The van der Waals surface area contributed by atoms with Crippen molar-refractivity contribution in [1.29, 1.82) is 0 Å². The highest BCUT2D eigenvalue weighted by molar-refractivity contribution is 9.10. The Kier molecular flexibility index (Phi) is 4.54. The van der Waals surface area contributed by atoms with Gasteiger partial charge in [0.25, 0.3) is 0 Å². The molecule has 15 heavy (non-hydrogen) atoms. The first-order valence-electron chi connectivity index (χ1n) is 4.85. The van der Waals surface area contributed by atoms with Crippen molar-refractivity contribution in [2.24, 2.45) is 0 Å². The Morgan fingerprint density at radius 3 is 2.60 bits per heavy atom. The Morgan fingerprint density at radius 1 is 1.27 bits per heavy atom. The summed E-state index contributed by atoms with van der Waals surface area (Å²) in [5.74, 6) is 0.752. The van der Waals surface area contributed by atoms with Gasteiger partial charge in [-0.15, -0.1) is 0 Å². The minimum atomic E-state index is -0.112. The van der Waals surface area contributed by atoms with Crippen LogP contribution in [0.25, 0.3) is 0 Å². The van der Waals surface area contributed by atoms with Crippen LogP contribution in [0.2, 0.25) is 0 Å². The van der Waals surface area contributed by atoms with Crippen LogP contribution in [0.15, 0.2) is 22.9 Å². The number of halogens is 1. The molecule has 0 aliphatic carbocycles. The van der Waals surface area contributed by atoms with Crippen LogP contribution in [-0.2, 0) is 4.74 Å². The van der Waals surface area contributed by atoms with Crippen LogP contribution in [0.3, 0.4) is 0 Å². The highest BCUT2D eigenvalue weighted by Crippen LogP contribution is 2.15. The minimum absolute atomic E-state index is 0.112. The van der Waals surface area contributed by atoms with Crippen LogP contribution in [0, 0.1) is 0 Å². The molecule has 0 aliphatic rings. The summed E-state index contributed by atoms with van der Waals surface area (Å²) in [4.78, 5) is 4.00. The summed E-state index contributed by atoms with van der Waals surface area (Å²) in [5, 5.41) is 0. The summed E-state index contributed by atoms with van der Waals surface area (Å²) in [6.07, 6.45) is 3.40. The van der Waals surface area contributed by atoms with E-state index < -0.39 is 0 Å². The normalized spacial score (nSPS) is 11.5. The lowest BCUT2D eigenvalue weighted by Crippen LogP contribution is -2.22. The summed E-state index contributed by atoms with van der Waals surface area (Å²) < 4.78 is 11.9. The Bertz CT molecular complexity index is 310. The molecule has 0 fully saturated rings. The second-order valence-electron chi connectivity index (χ2n) is 4.15. The van der Waals surface area contributed by atoms with E-state index in [-0.39, 0.29) is 5.60 Å². The lowest BCUT2D eigenvalue weighted by Gasteiger charge is -2.19. The number of ether oxygens (including phenoxy) is 2. The van der Waals surface area contributed by atoms with E-state index in [9.17, 15) is 0 Å². The summed E-state index contributed by atoms with van der Waals surface area (Å²) in [5.41, 5.74) is -0.112. The second-order valence-corrected chi connectivity index (χ2v) is 5.06. The molecule has 0 unspecified atom stereocenters. The molecule has 0 radical (unpaired) electrons. The van der Waals surface area contributed by atoms with E-state index in [0.29, 0.717) is 13.2 Å². The third-order valence-corrected chi connectivity index (χ3v) is 2.00. The number of pyridine rings is 1. The smallest absolute Gasteiger partial charge is 0.138 e. The molecule has 0 amide bonds. The van der Waals surface area contributed by atoms with Gasteiger partial charge in [-0.2, -0.15) is 0 Å². The van der Waals surface area contributed by atoms with Crippen molar-refractivity contribution in [3.8, 4) is 5.75 Å². The zero-order valence-corrected chi connectivity index (χ0v) is 10.9. The van der Waals surface area contributed by atoms with Crippen LogP contribution in [0.4, 0.5) is 0 Å². The van der Waals surface area contributed by atoms with Gasteiger partial charge in [-0.05, 0) is 42.8 Å². The third-order valence-electron chi connectivity index (χ3n) is 1.57. The maximum Gasteiger partial charge on any atom is 0.138 e. The zero-order chi connectivity index (χ0) is 11.3. The summed E-state index contributed by atoms with van der Waals surface area (Å²) in [6.45, 7) is 7.18. The van der Waals surface area contributed by atoms with Gasteiger partial charge in [0, 0.05) is 10.7 Å². The van der Waals surface area contributed by atoms with E-state index in [4.69, 9.17) is 9.47 Å². The molecular formula is C11H16BrNO2. The highest BCUT2D eigenvalue weighted by Gasteiger charge is 2.09. The predicted octanol–water partition coefficient (Wildman–Crippen LogP) is 3.04. The Hall–Kier alpha value is -0.610. The molecule has 0 aromatic carbocycles. The van der Waals surface area contributed by atoms with Crippen molar-refractivity contribution < 1.29 is 9.47 Å². The number of hydrogen-bond donors (Lipinski definition) is 0. The Balaban J connectivity index is 2.26. The SMILES string of the molecule is CC(C)(C)OCCOc1cncc(Br)c1. The van der Waals surface area contributed by atoms with Gasteiger partial charge in [0.1, 0.15) is 12.4 Å². The van der Waals surface area contributed by atoms with Gasteiger partial charge < -0.3 is 9.47 Å². The van der Waals surface area contributed by atoms with E-state index in [1.54, 1.807) is 12.4 Å². The molecule has 0 bridgehead atoms. The quantitative estimate of drug-likeness (QED) is 0.791. The fourth-order valence-electron chi connectivity index (χ4n) is 0.979. The van der Waals surface area contributed by atoms with Crippen LogP contribution < -0.4 is 4.74 Å². The second kappa shape index (κ2) is 5.47. The maximum atomic E-state index is 5.52. The first-order valence-corrected chi connectivity index (χ1v) is 5.64. The average Bonchev–Trinajstić information content (AvgIpc) is 2.11. The van der Waals surface area contributed by atoms with Crippen LogP contribution in [-0.4, -0.2) is 23.8 Å². The molecule has 0 spiro atoms. The molecule has 1 aromatic heterocycles. The summed E-state index contributed by atoms with van der Waals surface area (Å²) >= 11 is 3.33. The monoisotopic (exact) mass is 273 g/mol.